The van der Waals surface area contributed by atoms with Gasteiger partial charge in [-0.25, -0.2) is 4.42 Å². The molecule has 19 nitrogen and oxygen atoms in total. The van der Waals surface area contributed by atoms with Gasteiger partial charge in [-0.3, -0.25) is 0 Å². The van der Waals surface area contributed by atoms with Gasteiger partial charge in [-0.1, -0.05) is 0 Å². The smallest absolute Gasteiger partial charge is 0.402 e. The second-order valence-electron chi connectivity index (χ2n) is 12.3. The van der Waals surface area contributed by atoms with Crippen molar-refractivity contribution in [1.82, 2.24) is 0 Å². The molecule has 1 aromatic heterocycles. The first kappa shape index (κ1) is 37.3. The van der Waals surface area contributed by atoms with E-state index in [9.17, 15) is 61.3 Å². The van der Waals surface area contributed by atoms with Gasteiger partial charge >= 0.3 is 11.3 Å². The van der Waals surface area contributed by atoms with E-state index in [1.54, 1.807) is 0 Å². The van der Waals surface area contributed by atoms with E-state index < -0.39 is 117 Å². The van der Waals surface area contributed by atoms with Gasteiger partial charge in [-0.2, -0.15) is 0 Å². The van der Waals surface area contributed by atoms with Gasteiger partial charge in [0.15, 0.2) is 23.9 Å². The fourth-order valence-electron chi connectivity index (χ4n) is 5.89. The van der Waals surface area contributed by atoms with Gasteiger partial charge in [0, 0.05) is 12.1 Å². The number of hydrogen-bond donors (Lipinski definition) is 12. The SMILES string of the molecule is OC[C@H]1O[C@@H](Oc2ccc3cc(O[C@@H]4O[C@H](CO)[C@@H](O)[C@H](O)[C@H]4O[C@@H]4OC[C@@H](O)[C@H](O)[C@H]4O)c(-c4ccc(O)c(O)c4)[o+]c3c2)[C@H](O)[C@@H](O)[C@@H]1O. The highest BCUT2D eigenvalue weighted by atomic mass is 16.8. The molecule has 51 heavy (non-hydrogen) atoms. The van der Waals surface area contributed by atoms with Crippen LogP contribution in [-0.2, 0) is 18.9 Å². The number of aromatic hydroxyl groups is 2. The van der Waals surface area contributed by atoms with E-state index in [1.807, 2.05) is 0 Å². The van der Waals surface area contributed by atoms with Crippen molar-refractivity contribution in [3.05, 3.63) is 42.5 Å². The molecule has 3 fully saturated rings. The number of phenolic OH excluding ortho intramolecular Hbond substituents is 2. The Hall–Kier alpha value is -3.51. The summed E-state index contributed by atoms with van der Waals surface area (Å²) in [7, 11) is 0. The summed E-state index contributed by atoms with van der Waals surface area (Å²) in [5.41, 5.74) is 0.248. The number of phenols is 2. The van der Waals surface area contributed by atoms with Crippen molar-refractivity contribution in [2.75, 3.05) is 19.8 Å². The van der Waals surface area contributed by atoms with E-state index in [0.29, 0.717) is 5.39 Å². The van der Waals surface area contributed by atoms with Gasteiger partial charge in [0.25, 0.3) is 0 Å². The third kappa shape index (κ3) is 7.40. The maximum absolute atomic E-state index is 11.0. The fraction of sp³-hybridized carbons (Fsp3) is 0.531. The molecule has 6 rings (SSSR count). The molecule has 12 N–H and O–H groups in total. The van der Waals surface area contributed by atoms with Crippen LogP contribution in [0.4, 0.5) is 0 Å². The molecule has 3 aromatic rings. The molecule has 0 spiro atoms. The average Bonchev–Trinajstić information content (AvgIpc) is 3.12. The zero-order valence-corrected chi connectivity index (χ0v) is 26.5. The first-order valence-electron chi connectivity index (χ1n) is 15.8. The van der Waals surface area contributed by atoms with E-state index in [2.05, 4.69) is 0 Å². The third-order valence-corrected chi connectivity index (χ3v) is 8.86. The monoisotopic (exact) mass is 727 g/mol. The summed E-state index contributed by atoms with van der Waals surface area (Å²) >= 11 is 0. The minimum Gasteiger partial charge on any atom is -0.504 e. The minimum absolute atomic E-state index is 0.0501. The Balaban J connectivity index is 1.36. The summed E-state index contributed by atoms with van der Waals surface area (Å²) in [5.74, 6) is -1.18. The number of benzene rings is 2. The molecule has 0 aliphatic carbocycles. The van der Waals surface area contributed by atoms with Crippen molar-refractivity contribution >= 4 is 11.0 Å². The molecule has 0 bridgehead atoms. The van der Waals surface area contributed by atoms with Gasteiger partial charge in [0.1, 0.15) is 66.8 Å². The highest BCUT2D eigenvalue weighted by Gasteiger charge is 2.51. The number of aliphatic hydroxyl groups is 10. The second kappa shape index (κ2) is 15.2. The highest BCUT2D eigenvalue weighted by molar-refractivity contribution is 5.83. The topological polar surface area (TPSA) is 309 Å². The van der Waals surface area contributed by atoms with Crippen molar-refractivity contribution < 1.29 is 94.1 Å². The van der Waals surface area contributed by atoms with E-state index in [-0.39, 0.29) is 28.4 Å². The summed E-state index contributed by atoms with van der Waals surface area (Å²) in [5, 5.41) is 123. The van der Waals surface area contributed by atoms with Crippen LogP contribution in [0, 0.1) is 0 Å². The van der Waals surface area contributed by atoms with Crippen LogP contribution in [0.15, 0.2) is 46.9 Å². The Morgan fingerprint density at radius 2 is 1.31 bits per heavy atom. The molecule has 0 amide bonds. The predicted molar refractivity (Wildman–Crippen MR) is 165 cm³/mol. The summed E-state index contributed by atoms with van der Waals surface area (Å²) in [4.78, 5) is 0. The first-order valence-corrected chi connectivity index (χ1v) is 15.8. The van der Waals surface area contributed by atoms with Crippen molar-refractivity contribution in [3.63, 3.8) is 0 Å². The van der Waals surface area contributed by atoms with E-state index in [4.69, 9.17) is 32.8 Å². The number of rotatable bonds is 9. The molecule has 0 saturated carbocycles. The van der Waals surface area contributed by atoms with Crippen LogP contribution in [0.5, 0.6) is 23.0 Å². The zero-order valence-electron chi connectivity index (χ0n) is 26.5. The summed E-state index contributed by atoms with van der Waals surface area (Å²) in [6.07, 6.45) is -22.5. The molecule has 4 heterocycles. The maximum Gasteiger partial charge on any atom is 0.402 e. The quantitative estimate of drug-likeness (QED) is 0.0755. The van der Waals surface area contributed by atoms with Crippen LogP contribution in [0.3, 0.4) is 0 Å². The highest BCUT2D eigenvalue weighted by Crippen LogP contribution is 2.41. The standard InChI is InChI=1S/C32H38O19/c33-8-19-22(39)24(41)27(44)31(49-19)46-13-3-1-11-6-18(28(47-17(11)7-13)12-2-4-14(35)15(36)5-12)48-32-29(25(42)23(40)20(9-34)50-32)51-30-26(43)21(38)16(37)10-45-30/h1-7,16,19-27,29-34,37-44H,8-10H2,(H-,35,36)/p+1/t16-,19-,20-,21+,22-,23-,24+,25+,26-,27-,29-,30+,31-,32-/m1/s1. The lowest BCUT2D eigenvalue weighted by Crippen LogP contribution is -2.63. The van der Waals surface area contributed by atoms with Gasteiger partial charge < -0.3 is 89.7 Å². The van der Waals surface area contributed by atoms with Gasteiger partial charge in [-0.15, -0.1) is 0 Å². The lowest BCUT2D eigenvalue weighted by atomic mass is 9.98. The van der Waals surface area contributed by atoms with Crippen LogP contribution >= 0.6 is 0 Å². The van der Waals surface area contributed by atoms with Crippen molar-refractivity contribution in [2.24, 2.45) is 0 Å². The Bertz CT molecular complexity index is 1660. The van der Waals surface area contributed by atoms with Crippen LogP contribution in [-0.4, -0.2) is 167 Å². The second-order valence-corrected chi connectivity index (χ2v) is 12.3. The number of hydrogen-bond acceptors (Lipinski definition) is 18. The molecule has 280 valence electrons. The minimum atomic E-state index is -1.82. The van der Waals surface area contributed by atoms with Crippen molar-refractivity contribution in [3.8, 4) is 34.3 Å². The molecule has 0 radical (unpaired) electrons. The molecule has 3 aliphatic heterocycles. The van der Waals surface area contributed by atoms with Gasteiger partial charge in [-0.05, 0) is 24.3 Å². The summed E-state index contributed by atoms with van der Waals surface area (Å²) in [6, 6.07) is 9.41. The van der Waals surface area contributed by atoms with E-state index in [0.717, 1.165) is 6.07 Å². The molecule has 0 unspecified atom stereocenters. The normalized spacial score (nSPS) is 37.3. The number of fused-ring (bicyclic) bond motifs is 1. The number of aliphatic hydroxyl groups excluding tert-OH is 10. The third-order valence-electron chi connectivity index (χ3n) is 8.86. The molecule has 14 atom stereocenters. The van der Waals surface area contributed by atoms with Crippen LogP contribution in [0.1, 0.15) is 0 Å². The van der Waals surface area contributed by atoms with Gasteiger partial charge in [0.2, 0.25) is 18.3 Å². The molecule has 19 heteroatoms. The first-order chi connectivity index (χ1) is 24.3. The molecule has 3 aliphatic rings. The number of ether oxygens (including phenoxy) is 6. The van der Waals surface area contributed by atoms with E-state index >= 15 is 0 Å². The largest absolute Gasteiger partial charge is 0.504 e. The average molecular weight is 728 g/mol. The van der Waals surface area contributed by atoms with Crippen LogP contribution in [0.25, 0.3) is 22.3 Å². The van der Waals surface area contributed by atoms with Gasteiger partial charge in [0.05, 0.1) is 36.8 Å². The van der Waals surface area contributed by atoms with Crippen LogP contribution < -0.4 is 9.47 Å². The maximum atomic E-state index is 11.0. The van der Waals surface area contributed by atoms with Crippen molar-refractivity contribution in [1.29, 1.82) is 0 Å². The molecule has 2 aromatic carbocycles. The van der Waals surface area contributed by atoms with E-state index in [1.165, 1.54) is 36.4 Å². The molecular formula is C32H39O19+. The Morgan fingerprint density at radius 3 is 2.00 bits per heavy atom. The Kier molecular flexibility index (Phi) is 11.1. The fourth-order valence-corrected chi connectivity index (χ4v) is 5.89. The van der Waals surface area contributed by atoms with Crippen molar-refractivity contribution in [2.45, 2.75) is 86.0 Å². The summed E-state index contributed by atoms with van der Waals surface area (Å²) in [6.45, 7) is -1.88. The zero-order chi connectivity index (χ0) is 36.7. The lowest BCUT2D eigenvalue weighted by molar-refractivity contribution is -0.344. The van der Waals surface area contributed by atoms with Crippen LogP contribution in [0.2, 0.25) is 0 Å². The summed E-state index contributed by atoms with van der Waals surface area (Å²) < 4.78 is 40.2. The molecular weight excluding hydrogens is 688 g/mol. The molecule has 3 saturated heterocycles. The predicted octanol–water partition coefficient (Wildman–Crippen LogP) is -3.39. The Labute approximate surface area is 287 Å². The lowest BCUT2D eigenvalue weighted by Gasteiger charge is -2.44. The Morgan fingerprint density at radius 1 is 0.647 bits per heavy atom.